The van der Waals surface area contributed by atoms with Crippen LogP contribution in [0, 0.1) is 0 Å². The number of carbonyl (C=O) groups is 1. The van der Waals surface area contributed by atoms with Crippen LogP contribution in [0.2, 0.25) is 0 Å². The van der Waals surface area contributed by atoms with Gasteiger partial charge in [-0.25, -0.2) is 4.79 Å². The number of nitrogens with one attached hydrogen (secondary N) is 1. The summed E-state index contributed by atoms with van der Waals surface area (Å²) in [5.74, 6) is -0.871. The lowest BCUT2D eigenvalue weighted by Crippen LogP contribution is -2.51. The van der Waals surface area contributed by atoms with Gasteiger partial charge >= 0.3 is 5.97 Å². The van der Waals surface area contributed by atoms with Crippen molar-refractivity contribution in [2.45, 2.75) is 19.4 Å². The van der Waals surface area contributed by atoms with Crippen LogP contribution in [-0.2, 0) is 0 Å². The SMILES string of the molecule is CC[C@@H]1CNCCN1c1ccc(C(=O)O)cc1. The van der Waals surface area contributed by atoms with Gasteiger partial charge in [0.05, 0.1) is 5.56 Å². The molecule has 0 bridgehead atoms. The highest BCUT2D eigenvalue weighted by molar-refractivity contribution is 5.88. The number of anilines is 1. The molecule has 0 aromatic heterocycles. The Labute approximate surface area is 101 Å². The maximum absolute atomic E-state index is 10.8. The number of rotatable bonds is 3. The summed E-state index contributed by atoms with van der Waals surface area (Å²) in [5.41, 5.74) is 1.46. The molecule has 1 aliphatic rings. The molecule has 1 aromatic rings. The van der Waals surface area contributed by atoms with E-state index >= 15 is 0 Å². The second kappa shape index (κ2) is 5.19. The highest BCUT2D eigenvalue weighted by atomic mass is 16.4. The molecule has 17 heavy (non-hydrogen) atoms. The van der Waals surface area contributed by atoms with E-state index in [1.54, 1.807) is 12.1 Å². The van der Waals surface area contributed by atoms with Crippen molar-refractivity contribution in [1.82, 2.24) is 5.32 Å². The first-order valence-corrected chi connectivity index (χ1v) is 6.03. The number of piperazine rings is 1. The van der Waals surface area contributed by atoms with Crippen molar-refractivity contribution in [1.29, 1.82) is 0 Å². The summed E-state index contributed by atoms with van der Waals surface area (Å²) in [6.45, 7) is 5.13. The smallest absolute Gasteiger partial charge is 0.335 e. The van der Waals surface area contributed by atoms with Crippen LogP contribution >= 0.6 is 0 Å². The molecule has 1 aromatic carbocycles. The summed E-state index contributed by atoms with van der Waals surface area (Å²) in [5, 5.41) is 12.2. The Balaban J connectivity index is 2.17. The number of hydrogen-bond acceptors (Lipinski definition) is 3. The summed E-state index contributed by atoms with van der Waals surface area (Å²) < 4.78 is 0. The molecule has 0 unspecified atom stereocenters. The first-order chi connectivity index (χ1) is 8.22. The predicted octanol–water partition coefficient (Wildman–Crippen LogP) is 1.57. The number of hydrogen-bond donors (Lipinski definition) is 2. The standard InChI is InChI=1S/C13H18N2O2/c1-2-11-9-14-7-8-15(11)12-5-3-10(4-6-12)13(16)17/h3-6,11,14H,2,7-9H2,1H3,(H,16,17)/t11-/m1/s1. The number of nitrogens with zero attached hydrogens (tertiary/aromatic N) is 1. The van der Waals surface area contributed by atoms with Gasteiger partial charge in [0.2, 0.25) is 0 Å². The Morgan fingerprint density at radius 3 is 2.76 bits per heavy atom. The van der Waals surface area contributed by atoms with Crippen LogP contribution < -0.4 is 10.2 Å². The predicted molar refractivity (Wildman–Crippen MR) is 67.7 cm³/mol. The largest absolute Gasteiger partial charge is 0.478 e. The third-order valence-corrected chi connectivity index (χ3v) is 3.27. The summed E-state index contributed by atoms with van der Waals surface area (Å²) in [6, 6.07) is 7.65. The Bertz CT molecular complexity index is 389. The number of carboxylic acids is 1. The summed E-state index contributed by atoms with van der Waals surface area (Å²) in [6.07, 6.45) is 1.09. The zero-order valence-electron chi connectivity index (χ0n) is 10.0. The molecule has 1 fully saturated rings. The van der Waals surface area contributed by atoms with Crippen molar-refractivity contribution in [2.75, 3.05) is 24.5 Å². The van der Waals surface area contributed by atoms with Crippen molar-refractivity contribution in [3.63, 3.8) is 0 Å². The molecule has 0 spiro atoms. The molecule has 1 aliphatic heterocycles. The second-order valence-corrected chi connectivity index (χ2v) is 4.31. The van der Waals surface area contributed by atoms with Crippen LogP contribution in [0.15, 0.2) is 24.3 Å². The maximum atomic E-state index is 10.8. The van der Waals surface area contributed by atoms with Crippen molar-refractivity contribution in [3.8, 4) is 0 Å². The molecule has 0 aliphatic carbocycles. The zero-order chi connectivity index (χ0) is 12.3. The average molecular weight is 234 g/mol. The molecule has 4 heteroatoms. The van der Waals surface area contributed by atoms with Gasteiger partial charge in [-0.3, -0.25) is 0 Å². The van der Waals surface area contributed by atoms with Gasteiger partial charge in [0.25, 0.3) is 0 Å². The third-order valence-electron chi connectivity index (χ3n) is 3.27. The quantitative estimate of drug-likeness (QED) is 0.833. The van der Waals surface area contributed by atoms with Gasteiger partial charge in [0, 0.05) is 31.4 Å². The topological polar surface area (TPSA) is 52.6 Å². The fourth-order valence-corrected chi connectivity index (χ4v) is 2.26. The van der Waals surface area contributed by atoms with Gasteiger partial charge in [-0.15, -0.1) is 0 Å². The Hall–Kier alpha value is -1.55. The minimum absolute atomic E-state index is 0.344. The normalized spacial score (nSPS) is 20.3. The van der Waals surface area contributed by atoms with Gasteiger partial charge < -0.3 is 15.3 Å². The van der Waals surface area contributed by atoms with Crippen LogP contribution in [0.3, 0.4) is 0 Å². The van der Waals surface area contributed by atoms with E-state index in [-0.39, 0.29) is 0 Å². The lowest BCUT2D eigenvalue weighted by molar-refractivity contribution is 0.0697. The minimum atomic E-state index is -0.871. The van der Waals surface area contributed by atoms with Crippen LogP contribution in [-0.4, -0.2) is 36.8 Å². The fraction of sp³-hybridized carbons (Fsp3) is 0.462. The lowest BCUT2D eigenvalue weighted by Gasteiger charge is -2.37. The van der Waals surface area contributed by atoms with Gasteiger partial charge in [0.15, 0.2) is 0 Å². The van der Waals surface area contributed by atoms with E-state index in [1.165, 1.54) is 0 Å². The second-order valence-electron chi connectivity index (χ2n) is 4.31. The molecule has 0 amide bonds. The molecule has 1 heterocycles. The molecule has 1 atom stereocenters. The molecular formula is C13H18N2O2. The number of benzene rings is 1. The Morgan fingerprint density at radius 1 is 1.47 bits per heavy atom. The average Bonchev–Trinajstić information content (AvgIpc) is 2.39. The van der Waals surface area contributed by atoms with E-state index in [1.807, 2.05) is 12.1 Å². The van der Waals surface area contributed by atoms with E-state index in [4.69, 9.17) is 5.11 Å². The molecule has 0 radical (unpaired) electrons. The summed E-state index contributed by atoms with van der Waals surface area (Å²) in [4.78, 5) is 13.1. The Morgan fingerprint density at radius 2 is 2.18 bits per heavy atom. The van der Waals surface area contributed by atoms with Gasteiger partial charge in [0.1, 0.15) is 0 Å². The molecular weight excluding hydrogens is 216 g/mol. The molecule has 92 valence electrons. The first kappa shape index (κ1) is 11.9. The summed E-state index contributed by atoms with van der Waals surface area (Å²) >= 11 is 0. The third kappa shape index (κ3) is 2.58. The van der Waals surface area contributed by atoms with Crippen molar-refractivity contribution >= 4 is 11.7 Å². The fourth-order valence-electron chi connectivity index (χ4n) is 2.26. The van der Waals surface area contributed by atoms with Crippen LogP contribution in [0.5, 0.6) is 0 Å². The van der Waals surface area contributed by atoms with Crippen molar-refractivity contribution in [3.05, 3.63) is 29.8 Å². The van der Waals surface area contributed by atoms with Crippen molar-refractivity contribution in [2.24, 2.45) is 0 Å². The van der Waals surface area contributed by atoms with E-state index in [0.717, 1.165) is 31.7 Å². The first-order valence-electron chi connectivity index (χ1n) is 6.03. The van der Waals surface area contributed by atoms with Gasteiger partial charge in [-0.2, -0.15) is 0 Å². The molecule has 1 saturated heterocycles. The monoisotopic (exact) mass is 234 g/mol. The van der Waals surface area contributed by atoms with Gasteiger partial charge in [-0.1, -0.05) is 6.92 Å². The number of aromatic carboxylic acids is 1. The Kier molecular flexibility index (Phi) is 3.64. The lowest BCUT2D eigenvalue weighted by atomic mass is 10.1. The molecule has 2 rings (SSSR count). The van der Waals surface area contributed by atoms with E-state index < -0.39 is 5.97 Å². The van der Waals surface area contributed by atoms with Gasteiger partial charge in [-0.05, 0) is 30.7 Å². The highest BCUT2D eigenvalue weighted by Gasteiger charge is 2.20. The summed E-state index contributed by atoms with van der Waals surface area (Å²) in [7, 11) is 0. The molecule has 2 N–H and O–H groups in total. The van der Waals surface area contributed by atoms with Crippen LogP contribution in [0.4, 0.5) is 5.69 Å². The van der Waals surface area contributed by atoms with E-state index in [0.29, 0.717) is 11.6 Å². The zero-order valence-corrected chi connectivity index (χ0v) is 10.0. The van der Waals surface area contributed by atoms with Crippen LogP contribution in [0.1, 0.15) is 23.7 Å². The van der Waals surface area contributed by atoms with Crippen LogP contribution in [0.25, 0.3) is 0 Å². The molecule has 4 nitrogen and oxygen atoms in total. The van der Waals surface area contributed by atoms with E-state index in [2.05, 4.69) is 17.1 Å². The van der Waals surface area contributed by atoms with Crippen molar-refractivity contribution < 1.29 is 9.90 Å². The minimum Gasteiger partial charge on any atom is -0.478 e. The van der Waals surface area contributed by atoms with E-state index in [9.17, 15) is 4.79 Å². The highest BCUT2D eigenvalue weighted by Crippen LogP contribution is 2.20. The number of carboxylic acid groups (broad SMARTS) is 1. The maximum Gasteiger partial charge on any atom is 0.335 e. The molecule has 0 saturated carbocycles.